The predicted octanol–water partition coefficient (Wildman–Crippen LogP) is 5.65. The molecule has 2 aromatic carbocycles. The van der Waals surface area contributed by atoms with Gasteiger partial charge in [-0.05, 0) is 17.2 Å². The molecule has 0 aliphatic rings. The summed E-state index contributed by atoms with van der Waals surface area (Å²) in [4.78, 5) is 0. The Hall–Kier alpha value is -1.54. The van der Waals surface area contributed by atoms with Crippen LogP contribution in [0, 0.1) is 0 Å². The van der Waals surface area contributed by atoms with E-state index in [2.05, 4.69) is 86.6 Å². The lowest BCUT2D eigenvalue weighted by Crippen LogP contribution is -2.45. The Bertz CT molecular complexity index is 722. The molecule has 1 nitrogen and oxygen atoms in total. The monoisotopic (exact) mass is 281 g/mol. The van der Waals surface area contributed by atoms with Crippen molar-refractivity contribution in [3.8, 4) is 0 Å². The Balaban J connectivity index is 2.50. The molecule has 0 amide bonds. The molecular formula is C18H23NSi. The van der Waals surface area contributed by atoms with Crippen molar-refractivity contribution in [3.63, 3.8) is 0 Å². The smallest absolute Gasteiger partial charge is 0.161 e. The second-order valence-electron chi connectivity index (χ2n) is 7.18. The summed E-state index contributed by atoms with van der Waals surface area (Å²) in [5.74, 6) is 0. The summed E-state index contributed by atoms with van der Waals surface area (Å²) in [5.41, 5.74) is 2.78. The molecule has 3 aromatic rings. The van der Waals surface area contributed by atoms with Gasteiger partial charge in [0, 0.05) is 21.8 Å². The van der Waals surface area contributed by atoms with E-state index >= 15 is 0 Å². The normalized spacial score (nSPS) is 13.2. The molecule has 2 heteroatoms. The maximum atomic E-state index is 2.65. The van der Waals surface area contributed by atoms with Crippen LogP contribution in [0.2, 0.25) is 18.1 Å². The molecule has 0 saturated carbocycles. The van der Waals surface area contributed by atoms with Gasteiger partial charge in [0.15, 0.2) is 8.24 Å². The highest BCUT2D eigenvalue weighted by molar-refractivity contribution is 6.80. The van der Waals surface area contributed by atoms with Crippen LogP contribution >= 0.6 is 0 Å². The van der Waals surface area contributed by atoms with Crippen molar-refractivity contribution in [2.24, 2.45) is 0 Å². The molecule has 3 rings (SSSR count). The van der Waals surface area contributed by atoms with Gasteiger partial charge >= 0.3 is 0 Å². The summed E-state index contributed by atoms with van der Waals surface area (Å²) >= 11 is 0. The summed E-state index contributed by atoms with van der Waals surface area (Å²) in [7, 11) is -1.64. The van der Waals surface area contributed by atoms with Gasteiger partial charge in [0.1, 0.15) is 0 Å². The lowest BCUT2D eigenvalue weighted by Gasteiger charge is -2.39. The molecule has 0 aliphatic carbocycles. The van der Waals surface area contributed by atoms with E-state index < -0.39 is 8.24 Å². The van der Waals surface area contributed by atoms with Crippen molar-refractivity contribution in [2.45, 2.75) is 38.9 Å². The highest BCUT2D eigenvalue weighted by Gasteiger charge is 2.39. The van der Waals surface area contributed by atoms with Crippen LogP contribution in [-0.4, -0.2) is 12.5 Å². The first-order valence-electron chi connectivity index (χ1n) is 7.33. The summed E-state index contributed by atoms with van der Waals surface area (Å²) in [5, 5.41) is 3.08. The zero-order chi connectivity index (χ0) is 14.5. The van der Waals surface area contributed by atoms with Gasteiger partial charge in [0.2, 0.25) is 0 Å². The Morgan fingerprint density at radius 1 is 0.750 bits per heavy atom. The molecule has 0 spiro atoms. The van der Waals surface area contributed by atoms with E-state index in [1.807, 2.05) is 0 Å². The van der Waals surface area contributed by atoms with Crippen molar-refractivity contribution in [1.29, 1.82) is 0 Å². The predicted molar refractivity (Wildman–Crippen MR) is 92.0 cm³/mol. The third-order valence-electron chi connectivity index (χ3n) is 4.97. The molecule has 0 fully saturated rings. The molecule has 0 unspecified atom stereocenters. The number of aromatic nitrogens is 1. The molecular weight excluding hydrogens is 258 g/mol. The van der Waals surface area contributed by atoms with Crippen LogP contribution < -0.4 is 0 Å². The average molecular weight is 281 g/mol. The first kappa shape index (κ1) is 13.4. The van der Waals surface area contributed by atoms with E-state index in [9.17, 15) is 0 Å². The van der Waals surface area contributed by atoms with Crippen molar-refractivity contribution in [1.82, 2.24) is 4.23 Å². The summed E-state index contributed by atoms with van der Waals surface area (Å²) in [6, 6.07) is 17.7. The van der Waals surface area contributed by atoms with Gasteiger partial charge in [0.25, 0.3) is 0 Å². The van der Waals surface area contributed by atoms with Crippen molar-refractivity contribution < 1.29 is 0 Å². The molecule has 0 radical (unpaired) electrons. The van der Waals surface area contributed by atoms with E-state index in [4.69, 9.17) is 0 Å². The SMILES string of the molecule is CC(C)(C)[Si](C)(C)n1c2ccccc2c2ccccc21. The standard InChI is InChI=1S/C18H23NSi/c1-18(2,3)20(4,5)19-16-12-8-6-10-14(16)15-11-7-9-13-17(15)19/h6-13H,1-5H3. The number of fused-ring (bicyclic) bond motifs is 3. The van der Waals surface area contributed by atoms with Gasteiger partial charge in [0.05, 0.1) is 0 Å². The van der Waals surface area contributed by atoms with Crippen LogP contribution in [0.25, 0.3) is 21.8 Å². The summed E-state index contributed by atoms with van der Waals surface area (Å²) in [6.45, 7) is 12.1. The van der Waals surface area contributed by atoms with E-state index in [1.165, 1.54) is 21.8 Å². The van der Waals surface area contributed by atoms with Crippen LogP contribution in [0.5, 0.6) is 0 Å². The minimum atomic E-state index is -1.64. The van der Waals surface area contributed by atoms with E-state index in [-0.39, 0.29) is 0 Å². The van der Waals surface area contributed by atoms with Gasteiger partial charge in [-0.15, -0.1) is 0 Å². The van der Waals surface area contributed by atoms with E-state index in [0.717, 1.165) is 0 Å². The second-order valence-corrected chi connectivity index (χ2v) is 12.2. The Morgan fingerprint density at radius 3 is 1.55 bits per heavy atom. The van der Waals surface area contributed by atoms with Crippen molar-refractivity contribution in [3.05, 3.63) is 48.5 Å². The quantitative estimate of drug-likeness (QED) is 0.508. The minimum Gasteiger partial charge on any atom is -0.368 e. The van der Waals surface area contributed by atoms with Crippen LogP contribution in [0.4, 0.5) is 0 Å². The fourth-order valence-corrected chi connectivity index (χ4v) is 5.13. The Labute approximate surface area is 122 Å². The third kappa shape index (κ3) is 1.75. The first-order valence-corrected chi connectivity index (χ1v) is 10.3. The highest BCUT2D eigenvalue weighted by atomic mass is 28.3. The Kier molecular flexibility index (Phi) is 2.84. The average Bonchev–Trinajstić information content (AvgIpc) is 2.72. The van der Waals surface area contributed by atoms with Gasteiger partial charge in [-0.25, -0.2) is 0 Å². The molecule has 0 saturated heterocycles. The molecule has 104 valence electrons. The number of para-hydroxylation sites is 2. The lowest BCUT2D eigenvalue weighted by molar-refractivity contribution is 0.706. The molecule has 0 atom stereocenters. The maximum absolute atomic E-state index is 2.65. The van der Waals surface area contributed by atoms with Crippen LogP contribution in [0.15, 0.2) is 48.5 Å². The second kappa shape index (κ2) is 4.22. The number of hydrogen-bond acceptors (Lipinski definition) is 0. The third-order valence-corrected chi connectivity index (χ3v) is 10.2. The van der Waals surface area contributed by atoms with Gasteiger partial charge in [-0.3, -0.25) is 0 Å². The summed E-state index contributed by atoms with van der Waals surface area (Å²) < 4.78 is 2.65. The number of rotatable bonds is 1. The van der Waals surface area contributed by atoms with E-state index in [0.29, 0.717) is 5.04 Å². The topological polar surface area (TPSA) is 4.93 Å². The minimum absolute atomic E-state index is 0.317. The number of nitrogens with zero attached hydrogens (tertiary/aromatic N) is 1. The number of benzene rings is 2. The highest BCUT2D eigenvalue weighted by Crippen LogP contribution is 2.42. The maximum Gasteiger partial charge on any atom is 0.161 e. The zero-order valence-corrected chi connectivity index (χ0v) is 14.1. The first-order chi connectivity index (χ1) is 9.34. The van der Waals surface area contributed by atoms with Crippen LogP contribution in [-0.2, 0) is 0 Å². The van der Waals surface area contributed by atoms with Crippen LogP contribution in [0.3, 0.4) is 0 Å². The zero-order valence-electron chi connectivity index (χ0n) is 13.1. The molecule has 0 aliphatic heterocycles. The molecule has 0 bridgehead atoms. The Morgan fingerprint density at radius 2 is 1.15 bits per heavy atom. The van der Waals surface area contributed by atoms with Crippen molar-refractivity contribution >= 4 is 30.0 Å². The summed E-state index contributed by atoms with van der Waals surface area (Å²) in [6.07, 6.45) is 0. The van der Waals surface area contributed by atoms with Crippen molar-refractivity contribution in [2.75, 3.05) is 0 Å². The van der Waals surface area contributed by atoms with Crippen LogP contribution in [0.1, 0.15) is 20.8 Å². The fraction of sp³-hybridized carbons (Fsp3) is 0.333. The molecule has 1 heterocycles. The molecule has 20 heavy (non-hydrogen) atoms. The molecule has 1 aromatic heterocycles. The van der Waals surface area contributed by atoms with Gasteiger partial charge < -0.3 is 4.23 Å². The van der Waals surface area contributed by atoms with Gasteiger partial charge in [-0.2, -0.15) is 0 Å². The lowest BCUT2D eigenvalue weighted by atomic mass is 10.2. The largest absolute Gasteiger partial charge is 0.368 e. The van der Waals surface area contributed by atoms with Gasteiger partial charge in [-0.1, -0.05) is 70.3 Å². The number of hydrogen-bond donors (Lipinski definition) is 0. The van der Waals surface area contributed by atoms with E-state index in [1.54, 1.807) is 0 Å². The molecule has 0 N–H and O–H groups in total. The fourth-order valence-electron chi connectivity index (χ4n) is 2.86.